The predicted molar refractivity (Wildman–Crippen MR) is 109 cm³/mol. The molecule has 0 saturated carbocycles. The zero-order valence-electron chi connectivity index (χ0n) is 17.9. The summed E-state index contributed by atoms with van der Waals surface area (Å²) in [4.78, 5) is 0. The van der Waals surface area contributed by atoms with E-state index in [1.807, 2.05) is 13.8 Å². The Hall–Kier alpha value is -0.210. The Morgan fingerprint density at radius 1 is 0.630 bits per heavy atom. The van der Waals surface area contributed by atoms with Crippen molar-refractivity contribution in [2.75, 3.05) is 26.4 Å². The van der Waals surface area contributed by atoms with Crippen LogP contribution in [0.1, 0.15) is 91.9 Å². The van der Waals surface area contributed by atoms with Crippen LogP contribution in [0.15, 0.2) is 0 Å². The van der Waals surface area contributed by atoms with Crippen molar-refractivity contribution in [1.29, 1.82) is 0 Å². The molecule has 0 fully saturated rings. The second-order valence-electron chi connectivity index (χ2n) is 6.83. The molecule has 0 amide bonds. The van der Waals surface area contributed by atoms with Crippen LogP contribution < -0.4 is 0 Å². The van der Waals surface area contributed by atoms with E-state index in [2.05, 4.69) is 13.8 Å². The first-order valence-electron chi connectivity index (χ1n) is 10.8. The molecule has 7 heteroatoms. The summed E-state index contributed by atoms with van der Waals surface area (Å²) in [6.07, 6.45) is 10.1. The van der Waals surface area contributed by atoms with E-state index >= 15 is 0 Å². The van der Waals surface area contributed by atoms with Crippen LogP contribution in [0.5, 0.6) is 0 Å². The summed E-state index contributed by atoms with van der Waals surface area (Å²) in [5.41, 5.74) is 0. The van der Waals surface area contributed by atoms with E-state index in [-0.39, 0.29) is 25.4 Å². The SMILES string of the molecule is CCCCCCC(COS(=O)(=O)OCC(CCCCCC)OCC)OCC. The lowest BCUT2D eigenvalue weighted by molar-refractivity contribution is 0.00401. The summed E-state index contributed by atoms with van der Waals surface area (Å²) in [6.45, 7) is 9.18. The van der Waals surface area contributed by atoms with Crippen molar-refractivity contribution in [2.24, 2.45) is 0 Å². The van der Waals surface area contributed by atoms with Crippen LogP contribution in [-0.2, 0) is 28.2 Å². The fourth-order valence-corrected chi connectivity index (χ4v) is 3.56. The molecule has 0 N–H and O–H groups in total. The molecule has 0 aliphatic rings. The number of ether oxygens (including phenoxy) is 2. The van der Waals surface area contributed by atoms with E-state index in [4.69, 9.17) is 17.8 Å². The second-order valence-corrected chi connectivity index (χ2v) is 8.12. The highest BCUT2D eigenvalue weighted by Crippen LogP contribution is 2.13. The third-order valence-electron chi connectivity index (χ3n) is 4.36. The lowest BCUT2D eigenvalue weighted by Gasteiger charge is -2.19. The summed E-state index contributed by atoms with van der Waals surface area (Å²) < 4.78 is 45.4. The molecule has 2 atom stereocenters. The molecule has 0 saturated heterocycles. The second kappa shape index (κ2) is 17.9. The van der Waals surface area contributed by atoms with Gasteiger partial charge in [0.05, 0.1) is 25.4 Å². The molecular weight excluding hydrogens is 368 g/mol. The molecule has 2 unspecified atom stereocenters. The first-order chi connectivity index (χ1) is 13.0. The van der Waals surface area contributed by atoms with Crippen molar-refractivity contribution in [3.63, 3.8) is 0 Å². The quantitative estimate of drug-likeness (QED) is 0.263. The van der Waals surface area contributed by atoms with Crippen molar-refractivity contribution in [1.82, 2.24) is 0 Å². The Kier molecular flexibility index (Phi) is 17.7. The summed E-state index contributed by atoms with van der Waals surface area (Å²) in [5.74, 6) is 0. The van der Waals surface area contributed by atoms with E-state index in [1.165, 1.54) is 12.8 Å². The van der Waals surface area contributed by atoms with Gasteiger partial charge in [-0.15, -0.1) is 0 Å². The molecule has 0 aliphatic carbocycles. The van der Waals surface area contributed by atoms with E-state index in [0.29, 0.717) is 13.2 Å². The molecule has 0 aromatic rings. The first kappa shape index (κ1) is 26.8. The molecule has 0 spiro atoms. The van der Waals surface area contributed by atoms with Gasteiger partial charge in [-0.3, -0.25) is 0 Å². The van der Waals surface area contributed by atoms with E-state index in [1.54, 1.807) is 0 Å². The van der Waals surface area contributed by atoms with Crippen molar-refractivity contribution in [3.05, 3.63) is 0 Å². The predicted octanol–water partition coefficient (Wildman–Crippen LogP) is 5.02. The topological polar surface area (TPSA) is 71.1 Å². The Morgan fingerprint density at radius 3 is 1.37 bits per heavy atom. The normalized spacial score (nSPS) is 14.4. The Morgan fingerprint density at radius 2 is 1.04 bits per heavy atom. The van der Waals surface area contributed by atoms with Gasteiger partial charge in [-0.2, -0.15) is 8.42 Å². The fourth-order valence-electron chi connectivity index (χ4n) is 2.85. The Balaban J connectivity index is 4.27. The van der Waals surface area contributed by atoms with Gasteiger partial charge < -0.3 is 9.47 Å². The molecule has 0 aliphatic heterocycles. The fraction of sp³-hybridized carbons (Fsp3) is 1.00. The first-order valence-corrected chi connectivity index (χ1v) is 12.1. The third kappa shape index (κ3) is 16.4. The summed E-state index contributed by atoms with van der Waals surface area (Å²) in [6, 6.07) is 0. The minimum Gasteiger partial charge on any atom is -0.376 e. The van der Waals surface area contributed by atoms with Crippen molar-refractivity contribution >= 4 is 10.4 Å². The van der Waals surface area contributed by atoms with Gasteiger partial charge in [0.25, 0.3) is 0 Å². The standard InChI is InChI=1S/C20H42O6S/c1-5-9-11-13-15-19(23-7-3)17-25-27(21,22)26-18-20(24-8-4)16-14-12-10-6-2/h19-20H,5-18H2,1-4H3. The van der Waals surface area contributed by atoms with Gasteiger partial charge in [0.15, 0.2) is 0 Å². The van der Waals surface area contributed by atoms with E-state index in [9.17, 15) is 8.42 Å². The molecule has 0 aromatic heterocycles. The number of unbranched alkanes of at least 4 members (excludes halogenated alkanes) is 6. The van der Waals surface area contributed by atoms with Crippen LogP contribution >= 0.6 is 0 Å². The van der Waals surface area contributed by atoms with Crippen LogP contribution in [0.25, 0.3) is 0 Å². The summed E-state index contributed by atoms with van der Waals surface area (Å²) in [5, 5.41) is 0. The van der Waals surface area contributed by atoms with Crippen molar-refractivity contribution < 1.29 is 26.3 Å². The average Bonchev–Trinajstić information content (AvgIpc) is 2.64. The van der Waals surface area contributed by atoms with Crippen LogP contribution in [0.3, 0.4) is 0 Å². The smallest absolute Gasteiger partial charge is 0.376 e. The maximum atomic E-state index is 12.0. The highest BCUT2D eigenvalue weighted by atomic mass is 32.3. The van der Waals surface area contributed by atoms with Gasteiger partial charge in [-0.05, 0) is 26.7 Å². The van der Waals surface area contributed by atoms with Crippen molar-refractivity contribution in [3.8, 4) is 0 Å². The number of hydrogen-bond donors (Lipinski definition) is 0. The van der Waals surface area contributed by atoms with Gasteiger partial charge in [0, 0.05) is 13.2 Å². The van der Waals surface area contributed by atoms with Gasteiger partial charge in [-0.1, -0.05) is 65.2 Å². The Labute approximate surface area is 167 Å². The average molecular weight is 411 g/mol. The van der Waals surface area contributed by atoms with Gasteiger partial charge in [0.1, 0.15) is 0 Å². The lowest BCUT2D eigenvalue weighted by Crippen LogP contribution is -2.26. The molecule has 164 valence electrons. The van der Waals surface area contributed by atoms with Gasteiger partial charge in [-0.25, -0.2) is 8.37 Å². The maximum absolute atomic E-state index is 12.0. The minimum absolute atomic E-state index is 0.00188. The zero-order chi connectivity index (χ0) is 20.4. The lowest BCUT2D eigenvalue weighted by atomic mass is 10.1. The molecule has 27 heavy (non-hydrogen) atoms. The molecule has 0 bridgehead atoms. The highest BCUT2D eigenvalue weighted by molar-refractivity contribution is 7.81. The zero-order valence-corrected chi connectivity index (χ0v) is 18.7. The molecule has 0 aromatic carbocycles. The molecule has 0 radical (unpaired) electrons. The highest BCUT2D eigenvalue weighted by Gasteiger charge is 2.20. The number of hydrogen-bond acceptors (Lipinski definition) is 6. The van der Waals surface area contributed by atoms with Crippen LogP contribution in [-0.4, -0.2) is 47.1 Å². The number of rotatable bonds is 20. The largest absolute Gasteiger partial charge is 0.400 e. The van der Waals surface area contributed by atoms with Crippen LogP contribution in [0.2, 0.25) is 0 Å². The Bertz CT molecular complexity index is 381. The summed E-state index contributed by atoms with van der Waals surface area (Å²) in [7, 11) is -4.04. The van der Waals surface area contributed by atoms with Gasteiger partial charge >= 0.3 is 10.4 Å². The van der Waals surface area contributed by atoms with Crippen LogP contribution in [0, 0.1) is 0 Å². The molecule has 0 rings (SSSR count). The molecular formula is C20H42O6S. The third-order valence-corrected chi connectivity index (χ3v) is 5.21. The van der Waals surface area contributed by atoms with Gasteiger partial charge in [0.2, 0.25) is 0 Å². The van der Waals surface area contributed by atoms with E-state index < -0.39 is 10.4 Å². The molecule has 6 nitrogen and oxygen atoms in total. The van der Waals surface area contributed by atoms with Crippen molar-refractivity contribution in [2.45, 2.75) is 104 Å². The van der Waals surface area contributed by atoms with Crippen LogP contribution in [0.4, 0.5) is 0 Å². The monoisotopic (exact) mass is 410 g/mol. The summed E-state index contributed by atoms with van der Waals surface area (Å²) >= 11 is 0. The maximum Gasteiger partial charge on any atom is 0.400 e. The minimum atomic E-state index is -4.04. The molecule has 0 heterocycles. The van der Waals surface area contributed by atoms with E-state index in [0.717, 1.165) is 51.4 Å².